The molecule has 1 amide bonds. The zero-order chi connectivity index (χ0) is 19.5. The molecule has 0 radical (unpaired) electrons. The summed E-state index contributed by atoms with van der Waals surface area (Å²) in [6, 6.07) is 9.65. The Labute approximate surface area is 165 Å². The molecule has 1 aromatic heterocycles. The van der Waals surface area contributed by atoms with Gasteiger partial charge in [0.25, 0.3) is 5.91 Å². The fraction of sp³-hybridized carbons (Fsp3) is 0.522. The van der Waals surface area contributed by atoms with Crippen LogP contribution < -0.4 is 5.32 Å². The first-order valence-corrected chi connectivity index (χ1v) is 10.5. The number of para-hydroxylation sites is 1. The number of rotatable bonds is 5. The highest BCUT2D eigenvalue weighted by molar-refractivity contribution is 6.04. The first-order chi connectivity index (χ1) is 13.6. The van der Waals surface area contributed by atoms with Gasteiger partial charge in [-0.15, -0.1) is 0 Å². The number of carbonyl (C=O) groups is 2. The second-order valence-electron chi connectivity index (χ2n) is 8.13. The van der Waals surface area contributed by atoms with Crippen molar-refractivity contribution >= 4 is 22.8 Å². The summed E-state index contributed by atoms with van der Waals surface area (Å²) in [7, 11) is 0. The predicted octanol–water partition coefficient (Wildman–Crippen LogP) is 4.50. The molecule has 2 aromatic rings. The Bertz CT molecular complexity index is 867. The third-order valence-corrected chi connectivity index (χ3v) is 5.81. The molecule has 5 heteroatoms. The van der Waals surface area contributed by atoms with Crippen LogP contribution in [0.5, 0.6) is 0 Å². The quantitative estimate of drug-likeness (QED) is 0.613. The number of ether oxygens (including phenoxy) is 1. The van der Waals surface area contributed by atoms with Crippen molar-refractivity contribution < 1.29 is 14.3 Å². The van der Waals surface area contributed by atoms with Gasteiger partial charge in [-0.2, -0.15) is 0 Å². The van der Waals surface area contributed by atoms with Crippen molar-refractivity contribution in [2.45, 2.75) is 76.4 Å². The van der Waals surface area contributed by atoms with Gasteiger partial charge in [-0.1, -0.05) is 43.9 Å². The summed E-state index contributed by atoms with van der Waals surface area (Å²) in [5, 5.41) is 3.84. The summed E-state index contributed by atoms with van der Waals surface area (Å²) < 4.78 is 5.56. The molecule has 0 aliphatic heterocycles. The van der Waals surface area contributed by atoms with E-state index in [0.717, 1.165) is 55.1 Å². The Kier molecular flexibility index (Phi) is 5.60. The van der Waals surface area contributed by atoms with Crippen LogP contribution in [0.25, 0.3) is 10.9 Å². The number of esters is 1. The average Bonchev–Trinajstić information content (AvgIpc) is 3.55. The van der Waals surface area contributed by atoms with E-state index in [9.17, 15) is 9.59 Å². The first-order valence-electron chi connectivity index (χ1n) is 10.5. The lowest BCUT2D eigenvalue weighted by atomic mass is 10.1. The summed E-state index contributed by atoms with van der Waals surface area (Å²) in [6.45, 7) is 1.65. The van der Waals surface area contributed by atoms with Crippen molar-refractivity contribution in [2.24, 2.45) is 0 Å². The topological polar surface area (TPSA) is 68.3 Å². The largest absolute Gasteiger partial charge is 0.449 e. The summed E-state index contributed by atoms with van der Waals surface area (Å²) in [6.07, 6.45) is 8.17. The number of benzene rings is 1. The molecule has 1 atom stereocenters. The molecule has 0 saturated heterocycles. The fourth-order valence-electron chi connectivity index (χ4n) is 3.97. The lowest BCUT2D eigenvalue weighted by Crippen LogP contribution is -2.41. The van der Waals surface area contributed by atoms with Gasteiger partial charge >= 0.3 is 5.97 Å². The molecule has 0 unspecified atom stereocenters. The van der Waals surface area contributed by atoms with E-state index in [2.05, 4.69) is 5.32 Å². The van der Waals surface area contributed by atoms with Gasteiger partial charge in [0, 0.05) is 23.0 Å². The molecule has 5 nitrogen and oxygen atoms in total. The van der Waals surface area contributed by atoms with Gasteiger partial charge in [0.2, 0.25) is 0 Å². The molecule has 1 N–H and O–H groups in total. The molecule has 4 rings (SSSR count). The minimum absolute atomic E-state index is 0.194. The van der Waals surface area contributed by atoms with E-state index in [-0.39, 0.29) is 11.9 Å². The van der Waals surface area contributed by atoms with E-state index in [0.29, 0.717) is 11.5 Å². The molecule has 148 valence electrons. The molecule has 0 spiro atoms. The maximum absolute atomic E-state index is 12.9. The lowest BCUT2D eigenvalue weighted by molar-refractivity contribution is -0.129. The van der Waals surface area contributed by atoms with Crippen LogP contribution >= 0.6 is 0 Å². The van der Waals surface area contributed by atoms with Gasteiger partial charge in [0.05, 0.1) is 11.1 Å². The van der Waals surface area contributed by atoms with Crippen LogP contribution in [0.2, 0.25) is 0 Å². The maximum Gasteiger partial charge on any atom is 0.339 e. The van der Waals surface area contributed by atoms with Crippen LogP contribution in [0.15, 0.2) is 30.3 Å². The highest BCUT2D eigenvalue weighted by atomic mass is 16.5. The van der Waals surface area contributed by atoms with Gasteiger partial charge in [-0.25, -0.2) is 4.79 Å². The predicted molar refractivity (Wildman–Crippen MR) is 108 cm³/mol. The Hall–Kier alpha value is -2.43. The molecule has 2 saturated carbocycles. The number of pyridine rings is 1. The number of aromatic nitrogens is 1. The van der Waals surface area contributed by atoms with E-state index < -0.39 is 12.1 Å². The van der Waals surface area contributed by atoms with Crippen molar-refractivity contribution in [1.29, 1.82) is 0 Å². The molecule has 2 fully saturated rings. The summed E-state index contributed by atoms with van der Waals surface area (Å²) in [4.78, 5) is 30.1. The molecule has 0 bridgehead atoms. The highest BCUT2D eigenvalue weighted by Gasteiger charge is 2.28. The number of fused-ring (bicyclic) bond motifs is 1. The zero-order valence-corrected chi connectivity index (χ0v) is 16.4. The SMILES string of the molecule is C[C@H](OC(=O)c1cc(C2CC2)nc2ccccc12)C(=O)NC1CCCCCC1. The second kappa shape index (κ2) is 8.29. The molecular formula is C23H28N2O3. The molecule has 1 heterocycles. The van der Waals surface area contributed by atoms with Gasteiger partial charge < -0.3 is 10.1 Å². The molecule has 1 aromatic carbocycles. The van der Waals surface area contributed by atoms with E-state index in [1.54, 1.807) is 6.92 Å². The van der Waals surface area contributed by atoms with Crippen molar-refractivity contribution in [3.05, 3.63) is 41.6 Å². The van der Waals surface area contributed by atoms with Crippen LogP contribution in [0.3, 0.4) is 0 Å². The first kappa shape index (κ1) is 18.9. The number of hydrogen-bond acceptors (Lipinski definition) is 4. The number of hydrogen-bond donors (Lipinski definition) is 1. The van der Waals surface area contributed by atoms with Crippen LogP contribution in [0.4, 0.5) is 0 Å². The third kappa shape index (κ3) is 4.34. The van der Waals surface area contributed by atoms with Crippen molar-refractivity contribution in [3.63, 3.8) is 0 Å². The molecule has 2 aliphatic carbocycles. The normalized spacial score (nSPS) is 19.0. The number of carbonyl (C=O) groups excluding carboxylic acids is 2. The van der Waals surface area contributed by atoms with E-state index >= 15 is 0 Å². The van der Waals surface area contributed by atoms with E-state index in [1.165, 1.54) is 12.8 Å². The maximum atomic E-state index is 12.9. The summed E-state index contributed by atoms with van der Waals surface area (Å²) in [5.74, 6) is -0.225. The highest BCUT2D eigenvalue weighted by Crippen LogP contribution is 2.40. The van der Waals surface area contributed by atoms with Crippen LogP contribution in [0.1, 0.15) is 80.3 Å². The van der Waals surface area contributed by atoms with Crippen LogP contribution in [0, 0.1) is 0 Å². The summed E-state index contributed by atoms with van der Waals surface area (Å²) >= 11 is 0. The molecule has 28 heavy (non-hydrogen) atoms. The number of nitrogens with zero attached hydrogens (tertiary/aromatic N) is 1. The Morgan fingerprint density at radius 2 is 1.79 bits per heavy atom. The zero-order valence-electron chi connectivity index (χ0n) is 16.4. The third-order valence-electron chi connectivity index (χ3n) is 5.81. The molecular weight excluding hydrogens is 352 g/mol. The standard InChI is InChI=1S/C23H28N2O3/c1-15(22(26)24-17-8-4-2-3-5-9-17)28-23(27)19-14-21(16-12-13-16)25-20-11-7-6-10-18(19)20/h6-7,10-11,14-17H,2-5,8-9,12-13H2,1H3,(H,24,26)/t15-/m0/s1. The van der Waals surface area contributed by atoms with Gasteiger partial charge in [0.15, 0.2) is 6.10 Å². The average molecular weight is 380 g/mol. The lowest BCUT2D eigenvalue weighted by Gasteiger charge is -2.20. The van der Waals surface area contributed by atoms with E-state index in [4.69, 9.17) is 9.72 Å². The van der Waals surface area contributed by atoms with Crippen molar-refractivity contribution in [3.8, 4) is 0 Å². The Morgan fingerprint density at radius 1 is 1.07 bits per heavy atom. The van der Waals surface area contributed by atoms with Crippen LogP contribution in [-0.4, -0.2) is 29.0 Å². The number of amides is 1. The van der Waals surface area contributed by atoms with E-state index in [1.807, 2.05) is 30.3 Å². The minimum Gasteiger partial charge on any atom is -0.449 e. The fourth-order valence-corrected chi connectivity index (χ4v) is 3.97. The Balaban J connectivity index is 1.47. The van der Waals surface area contributed by atoms with Crippen LogP contribution in [-0.2, 0) is 9.53 Å². The smallest absolute Gasteiger partial charge is 0.339 e. The van der Waals surface area contributed by atoms with Crippen molar-refractivity contribution in [1.82, 2.24) is 10.3 Å². The minimum atomic E-state index is -0.813. The number of nitrogens with one attached hydrogen (secondary N) is 1. The summed E-state index contributed by atoms with van der Waals surface area (Å²) in [5.41, 5.74) is 2.25. The monoisotopic (exact) mass is 380 g/mol. The second-order valence-corrected chi connectivity index (χ2v) is 8.13. The van der Waals surface area contributed by atoms with Gasteiger partial charge in [0.1, 0.15) is 0 Å². The molecule has 2 aliphatic rings. The van der Waals surface area contributed by atoms with Crippen molar-refractivity contribution in [2.75, 3.05) is 0 Å². The van der Waals surface area contributed by atoms with Gasteiger partial charge in [-0.3, -0.25) is 9.78 Å². The Morgan fingerprint density at radius 3 is 2.50 bits per heavy atom. The van der Waals surface area contributed by atoms with Gasteiger partial charge in [-0.05, 0) is 44.7 Å².